The zero-order chi connectivity index (χ0) is 12.7. The summed E-state index contributed by atoms with van der Waals surface area (Å²) in [5, 5.41) is 5.84. The molecule has 1 rings (SSSR count). The Labute approximate surface area is 118 Å². The van der Waals surface area contributed by atoms with E-state index < -0.39 is 0 Å². The number of thiophene rings is 1. The van der Waals surface area contributed by atoms with Gasteiger partial charge in [0.25, 0.3) is 0 Å². The Morgan fingerprint density at radius 2 is 2.12 bits per heavy atom. The fourth-order valence-electron chi connectivity index (χ4n) is 1.90. The summed E-state index contributed by atoms with van der Waals surface area (Å²) in [6.07, 6.45) is 5.10. The molecule has 1 heterocycles. The molecule has 0 spiro atoms. The third-order valence-electron chi connectivity index (χ3n) is 2.85. The first-order valence-corrected chi connectivity index (χ1v) is 8.28. The molecule has 1 atom stereocenters. The average molecular weight is 318 g/mol. The number of hydrogen-bond acceptors (Lipinski definition) is 2. The molecular formula is C14H24BrNS. The van der Waals surface area contributed by atoms with Gasteiger partial charge in [0.15, 0.2) is 0 Å². The highest BCUT2D eigenvalue weighted by Gasteiger charge is 2.12. The lowest BCUT2D eigenvalue weighted by atomic mass is 10.0. The van der Waals surface area contributed by atoms with Crippen LogP contribution in [0.15, 0.2) is 15.9 Å². The van der Waals surface area contributed by atoms with Gasteiger partial charge in [0.1, 0.15) is 0 Å². The highest BCUT2D eigenvalue weighted by atomic mass is 79.9. The zero-order valence-corrected chi connectivity index (χ0v) is 13.5. The fraction of sp³-hybridized carbons (Fsp3) is 0.714. The predicted molar refractivity (Wildman–Crippen MR) is 81.7 cm³/mol. The van der Waals surface area contributed by atoms with Crippen molar-refractivity contribution in [3.63, 3.8) is 0 Å². The highest BCUT2D eigenvalue weighted by molar-refractivity contribution is 9.10. The van der Waals surface area contributed by atoms with Gasteiger partial charge in [0, 0.05) is 20.8 Å². The Morgan fingerprint density at radius 1 is 1.35 bits per heavy atom. The second-order valence-corrected chi connectivity index (χ2v) is 6.86. The molecule has 3 heteroatoms. The van der Waals surface area contributed by atoms with Gasteiger partial charge in [0.05, 0.1) is 0 Å². The lowest BCUT2D eigenvalue weighted by Crippen LogP contribution is -2.21. The Bertz CT molecular complexity index is 309. The van der Waals surface area contributed by atoms with E-state index >= 15 is 0 Å². The monoisotopic (exact) mass is 317 g/mol. The first-order chi connectivity index (χ1) is 8.13. The Morgan fingerprint density at radius 3 is 2.65 bits per heavy atom. The van der Waals surface area contributed by atoms with Crippen LogP contribution in [-0.4, -0.2) is 6.54 Å². The van der Waals surface area contributed by atoms with Crippen LogP contribution in [0.4, 0.5) is 0 Å². The third kappa shape index (κ3) is 6.03. The van der Waals surface area contributed by atoms with Crippen molar-refractivity contribution in [2.24, 2.45) is 5.92 Å². The molecule has 0 saturated carbocycles. The molecule has 1 N–H and O–H groups in total. The lowest BCUT2D eigenvalue weighted by molar-refractivity contribution is 0.452. The summed E-state index contributed by atoms with van der Waals surface area (Å²) in [6, 6.07) is 2.80. The molecule has 0 aliphatic rings. The number of halogens is 1. The number of hydrogen-bond donors (Lipinski definition) is 1. The molecule has 1 nitrogen and oxygen atoms in total. The van der Waals surface area contributed by atoms with Crippen molar-refractivity contribution in [3.05, 3.63) is 20.8 Å². The van der Waals surface area contributed by atoms with Gasteiger partial charge in [-0.15, -0.1) is 11.3 Å². The summed E-state index contributed by atoms with van der Waals surface area (Å²) in [4.78, 5) is 1.47. The van der Waals surface area contributed by atoms with E-state index in [1.54, 1.807) is 0 Å². The van der Waals surface area contributed by atoms with Crippen molar-refractivity contribution in [1.29, 1.82) is 0 Å². The summed E-state index contributed by atoms with van der Waals surface area (Å²) in [5.41, 5.74) is 0. The van der Waals surface area contributed by atoms with Crippen LogP contribution >= 0.6 is 27.3 Å². The number of rotatable bonds is 8. The van der Waals surface area contributed by atoms with Crippen LogP contribution < -0.4 is 5.32 Å². The van der Waals surface area contributed by atoms with Crippen LogP contribution in [0.3, 0.4) is 0 Å². The van der Waals surface area contributed by atoms with Crippen LogP contribution in [0.1, 0.15) is 57.4 Å². The van der Waals surface area contributed by atoms with Gasteiger partial charge in [-0.3, -0.25) is 0 Å². The summed E-state index contributed by atoms with van der Waals surface area (Å²) in [6.45, 7) is 7.94. The minimum absolute atomic E-state index is 0.546. The molecule has 0 fully saturated rings. The first-order valence-electron chi connectivity index (χ1n) is 6.60. The summed E-state index contributed by atoms with van der Waals surface area (Å²) >= 11 is 5.40. The normalized spacial score (nSPS) is 13.2. The van der Waals surface area contributed by atoms with E-state index in [9.17, 15) is 0 Å². The van der Waals surface area contributed by atoms with Crippen LogP contribution in [0.25, 0.3) is 0 Å². The summed E-state index contributed by atoms with van der Waals surface area (Å²) in [5.74, 6) is 0.817. The van der Waals surface area contributed by atoms with E-state index in [0.717, 1.165) is 12.5 Å². The first kappa shape index (κ1) is 15.2. The lowest BCUT2D eigenvalue weighted by Gasteiger charge is -2.17. The van der Waals surface area contributed by atoms with Gasteiger partial charge in [-0.25, -0.2) is 0 Å². The van der Waals surface area contributed by atoms with Gasteiger partial charge < -0.3 is 5.32 Å². The summed E-state index contributed by atoms with van der Waals surface area (Å²) < 4.78 is 1.21. The van der Waals surface area contributed by atoms with Crippen molar-refractivity contribution in [2.75, 3.05) is 6.54 Å². The number of nitrogens with one attached hydrogen (secondary N) is 1. The molecular weight excluding hydrogens is 294 g/mol. The van der Waals surface area contributed by atoms with E-state index in [1.165, 1.54) is 35.0 Å². The smallest absolute Gasteiger partial charge is 0.0415 e. The van der Waals surface area contributed by atoms with E-state index in [4.69, 9.17) is 0 Å². The maximum atomic E-state index is 3.66. The maximum absolute atomic E-state index is 3.66. The van der Waals surface area contributed by atoms with E-state index in [0.29, 0.717) is 6.04 Å². The molecule has 98 valence electrons. The molecule has 0 aromatic carbocycles. The third-order valence-corrected chi connectivity index (χ3v) is 4.65. The van der Waals surface area contributed by atoms with Crippen molar-refractivity contribution in [2.45, 2.75) is 52.5 Å². The molecule has 0 bridgehead atoms. The van der Waals surface area contributed by atoms with Crippen molar-refractivity contribution < 1.29 is 0 Å². The van der Waals surface area contributed by atoms with Crippen molar-refractivity contribution in [3.8, 4) is 0 Å². The quantitative estimate of drug-likeness (QED) is 0.679. The molecule has 0 saturated heterocycles. The van der Waals surface area contributed by atoms with Crippen LogP contribution in [-0.2, 0) is 0 Å². The van der Waals surface area contributed by atoms with Gasteiger partial charge >= 0.3 is 0 Å². The topological polar surface area (TPSA) is 12.0 Å². The van der Waals surface area contributed by atoms with Crippen molar-refractivity contribution >= 4 is 27.3 Å². The van der Waals surface area contributed by atoms with Crippen LogP contribution in [0.5, 0.6) is 0 Å². The van der Waals surface area contributed by atoms with Gasteiger partial charge in [-0.1, -0.05) is 33.6 Å². The van der Waals surface area contributed by atoms with E-state index in [2.05, 4.69) is 53.5 Å². The minimum atomic E-state index is 0.546. The second kappa shape index (κ2) is 8.28. The van der Waals surface area contributed by atoms with Crippen molar-refractivity contribution in [1.82, 2.24) is 5.32 Å². The highest BCUT2D eigenvalue weighted by Crippen LogP contribution is 2.29. The molecule has 0 aliphatic heterocycles. The standard InChI is InChI=1S/C14H24BrNS/c1-4-8-16-13(7-5-6-11(2)3)14-9-12(15)10-17-14/h9-11,13,16H,4-8H2,1-3H3. The molecule has 0 amide bonds. The predicted octanol–water partition coefficient (Wildman–Crippen LogP) is 5.38. The molecule has 1 aromatic heterocycles. The molecule has 1 aromatic rings. The van der Waals surface area contributed by atoms with E-state index in [-0.39, 0.29) is 0 Å². The molecule has 1 unspecified atom stereocenters. The Balaban J connectivity index is 2.48. The fourth-order valence-corrected chi connectivity index (χ4v) is 3.46. The largest absolute Gasteiger partial charge is 0.309 e. The van der Waals surface area contributed by atoms with Gasteiger partial charge in [-0.2, -0.15) is 0 Å². The van der Waals surface area contributed by atoms with Crippen LogP contribution in [0, 0.1) is 5.92 Å². The average Bonchev–Trinajstić information content (AvgIpc) is 2.69. The molecule has 0 aliphatic carbocycles. The second-order valence-electron chi connectivity index (χ2n) is 5.00. The Hall–Kier alpha value is 0.140. The maximum Gasteiger partial charge on any atom is 0.0415 e. The zero-order valence-electron chi connectivity index (χ0n) is 11.1. The SMILES string of the molecule is CCCNC(CCCC(C)C)c1cc(Br)cs1. The van der Waals surface area contributed by atoms with Gasteiger partial charge in [-0.05, 0) is 47.3 Å². The Kier molecular flexibility index (Phi) is 7.40. The molecule has 17 heavy (non-hydrogen) atoms. The minimum Gasteiger partial charge on any atom is -0.309 e. The van der Waals surface area contributed by atoms with Gasteiger partial charge in [0.2, 0.25) is 0 Å². The molecule has 0 radical (unpaired) electrons. The van der Waals surface area contributed by atoms with E-state index in [1.807, 2.05) is 11.3 Å². The summed E-state index contributed by atoms with van der Waals surface area (Å²) in [7, 11) is 0. The van der Waals surface area contributed by atoms with Crippen LogP contribution in [0.2, 0.25) is 0 Å².